The van der Waals surface area contributed by atoms with Crippen LogP contribution in [0.2, 0.25) is 0 Å². The van der Waals surface area contributed by atoms with Crippen molar-refractivity contribution in [1.82, 2.24) is 15.1 Å². The van der Waals surface area contributed by atoms with E-state index in [9.17, 15) is 5.11 Å². The van der Waals surface area contributed by atoms with Gasteiger partial charge < -0.3 is 10.4 Å². The average Bonchev–Trinajstić information content (AvgIpc) is 2.75. The van der Waals surface area contributed by atoms with E-state index >= 15 is 0 Å². The summed E-state index contributed by atoms with van der Waals surface area (Å²) in [6.45, 7) is 4.19. The molecule has 1 aromatic carbocycles. The van der Waals surface area contributed by atoms with Crippen LogP contribution in [0.25, 0.3) is 0 Å². The number of nitrogens with zero attached hydrogens (tertiary/aromatic N) is 2. The highest BCUT2D eigenvalue weighted by Gasteiger charge is 2.13. The van der Waals surface area contributed by atoms with Gasteiger partial charge in [-0.15, -0.1) is 0 Å². The number of aryl methyl sites for hydroxylation is 1. The molecule has 0 amide bonds. The third-order valence-electron chi connectivity index (χ3n) is 3.17. The zero-order chi connectivity index (χ0) is 13.1. The minimum atomic E-state index is 0.169. The van der Waals surface area contributed by atoms with Crippen LogP contribution >= 0.6 is 0 Å². The first-order chi connectivity index (χ1) is 8.58. The maximum absolute atomic E-state index is 9.48. The highest BCUT2D eigenvalue weighted by molar-refractivity contribution is 5.29. The minimum Gasteiger partial charge on any atom is -0.508 e. The molecular weight excluding hydrogens is 226 g/mol. The zero-order valence-electron chi connectivity index (χ0n) is 11.0. The Morgan fingerprint density at radius 1 is 1.22 bits per heavy atom. The van der Waals surface area contributed by atoms with Crippen LogP contribution in [-0.2, 0) is 7.05 Å². The molecule has 2 aromatic rings. The fourth-order valence-corrected chi connectivity index (χ4v) is 2.16. The molecule has 0 fully saturated rings. The van der Waals surface area contributed by atoms with Crippen LogP contribution in [-0.4, -0.2) is 14.9 Å². The number of hydrogen-bond acceptors (Lipinski definition) is 3. The Morgan fingerprint density at radius 3 is 2.61 bits per heavy atom. The van der Waals surface area contributed by atoms with Gasteiger partial charge in [0.25, 0.3) is 0 Å². The number of hydrogen-bond donors (Lipinski definition) is 2. The number of benzene rings is 1. The van der Waals surface area contributed by atoms with Crippen LogP contribution in [0, 0.1) is 0 Å². The van der Waals surface area contributed by atoms with Crippen LogP contribution in [0.1, 0.15) is 37.2 Å². The van der Waals surface area contributed by atoms with Crippen molar-refractivity contribution in [3.8, 4) is 5.75 Å². The van der Waals surface area contributed by atoms with E-state index in [1.54, 1.807) is 18.3 Å². The highest BCUT2D eigenvalue weighted by atomic mass is 16.3. The zero-order valence-corrected chi connectivity index (χ0v) is 11.0. The van der Waals surface area contributed by atoms with Crippen molar-refractivity contribution in [2.45, 2.75) is 25.9 Å². The number of phenols is 1. The first-order valence-electron chi connectivity index (χ1n) is 6.11. The second-order valence-corrected chi connectivity index (χ2v) is 4.58. The monoisotopic (exact) mass is 245 g/mol. The van der Waals surface area contributed by atoms with Gasteiger partial charge in [-0.3, -0.25) is 4.68 Å². The van der Waals surface area contributed by atoms with Crippen LogP contribution in [0.5, 0.6) is 5.75 Å². The lowest BCUT2D eigenvalue weighted by Gasteiger charge is -2.20. The molecule has 2 atom stereocenters. The van der Waals surface area contributed by atoms with Crippen LogP contribution < -0.4 is 5.32 Å². The molecule has 18 heavy (non-hydrogen) atoms. The summed E-state index contributed by atoms with van der Waals surface area (Å²) in [7, 11) is 1.94. The molecule has 0 aliphatic rings. The van der Waals surface area contributed by atoms with E-state index in [1.165, 1.54) is 0 Å². The van der Waals surface area contributed by atoms with E-state index in [0.29, 0.717) is 5.75 Å². The summed E-state index contributed by atoms with van der Waals surface area (Å²) in [6, 6.07) is 9.71. The third kappa shape index (κ3) is 2.71. The fourth-order valence-electron chi connectivity index (χ4n) is 2.16. The van der Waals surface area contributed by atoms with Crippen molar-refractivity contribution in [3.05, 3.63) is 47.8 Å². The van der Waals surface area contributed by atoms with Crippen molar-refractivity contribution >= 4 is 0 Å². The van der Waals surface area contributed by atoms with Crippen molar-refractivity contribution < 1.29 is 5.11 Å². The Morgan fingerprint density at radius 2 is 2.00 bits per heavy atom. The minimum absolute atomic E-state index is 0.169. The Bertz CT molecular complexity index is 521. The lowest BCUT2D eigenvalue weighted by molar-refractivity contribution is 0.458. The smallest absolute Gasteiger partial charge is 0.115 e. The maximum atomic E-state index is 9.48. The van der Waals surface area contributed by atoms with Gasteiger partial charge in [-0.05, 0) is 37.6 Å². The SMILES string of the molecule is CC(NC(C)c1ccnn1C)c1cccc(O)c1. The van der Waals surface area contributed by atoms with E-state index in [0.717, 1.165) is 11.3 Å². The lowest BCUT2D eigenvalue weighted by Crippen LogP contribution is -2.24. The van der Waals surface area contributed by atoms with Gasteiger partial charge in [-0.25, -0.2) is 0 Å². The molecule has 4 heteroatoms. The van der Waals surface area contributed by atoms with Gasteiger partial charge in [0, 0.05) is 25.3 Å². The Kier molecular flexibility index (Phi) is 3.67. The van der Waals surface area contributed by atoms with Crippen molar-refractivity contribution in [2.24, 2.45) is 7.05 Å². The van der Waals surface area contributed by atoms with Crippen molar-refractivity contribution in [2.75, 3.05) is 0 Å². The van der Waals surface area contributed by atoms with Gasteiger partial charge in [0.15, 0.2) is 0 Å². The molecule has 0 aliphatic heterocycles. The van der Waals surface area contributed by atoms with Crippen molar-refractivity contribution in [3.63, 3.8) is 0 Å². The standard InChI is InChI=1S/C14H19N3O/c1-10(12-5-4-6-13(18)9-12)16-11(2)14-7-8-15-17(14)3/h4-11,16,18H,1-3H3. The summed E-state index contributed by atoms with van der Waals surface area (Å²) in [6.07, 6.45) is 1.80. The van der Waals surface area contributed by atoms with Gasteiger partial charge in [0.2, 0.25) is 0 Å². The quantitative estimate of drug-likeness (QED) is 0.870. The van der Waals surface area contributed by atoms with Crippen LogP contribution in [0.15, 0.2) is 36.5 Å². The highest BCUT2D eigenvalue weighted by Crippen LogP contribution is 2.21. The normalized spacial score (nSPS) is 14.4. The van der Waals surface area contributed by atoms with E-state index < -0.39 is 0 Å². The predicted octanol–water partition coefficient (Wildman–Crippen LogP) is 2.54. The summed E-state index contributed by atoms with van der Waals surface area (Å²) < 4.78 is 1.87. The third-order valence-corrected chi connectivity index (χ3v) is 3.17. The lowest BCUT2D eigenvalue weighted by atomic mass is 10.1. The molecular formula is C14H19N3O. The predicted molar refractivity (Wildman–Crippen MR) is 71.3 cm³/mol. The number of aromatic nitrogens is 2. The average molecular weight is 245 g/mol. The molecule has 96 valence electrons. The summed E-state index contributed by atoms with van der Waals surface area (Å²) in [5.74, 6) is 0.300. The van der Waals surface area contributed by atoms with Gasteiger partial charge >= 0.3 is 0 Å². The molecule has 0 saturated carbocycles. The molecule has 0 saturated heterocycles. The van der Waals surface area contributed by atoms with Crippen LogP contribution in [0.3, 0.4) is 0 Å². The number of rotatable bonds is 4. The molecule has 0 spiro atoms. The molecule has 0 aliphatic carbocycles. The molecule has 2 rings (SSSR count). The topological polar surface area (TPSA) is 50.1 Å². The van der Waals surface area contributed by atoms with E-state index in [2.05, 4.69) is 24.3 Å². The van der Waals surface area contributed by atoms with Gasteiger partial charge in [0.05, 0.1) is 5.69 Å². The largest absolute Gasteiger partial charge is 0.508 e. The van der Waals surface area contributed by atoms with Crippen molar-refractivity contribution in [1.29, 1.82) is 0 Å². The Hall–Kier alpha value is -1.81. The van der Waals surface area contributed by atoms with Gasteiger partial charge in [0.1, 0.15) is 5.75 Å². The summed E-state index contributed by atoms with van der Waals surface area (Å²) in [4.78, 5) is 0. The second kappa shape index (κ2) is 5.23. The van der Waals surface area contributed by atoms with E-state index in [1.807, 2.05) is 29.9 Å². The molecule has 2 N–H and O–H groups in total. The van der Waals surface area contributed by atoms with Gasteiger partial charge in [-0.2, -0.15) is 5.10 Å². The maximum Gasteiger partial charge on any atom is 0.115 e. The number of aromatic hydroxyl groups is 1. The Labute approximate surface area is 107 Å². The molecule has 1 aromatic heterocycles. The summed E-state index contributed by atoms with van der Waals surface area (Å²) in [5.41, 5.74) is 2.21. The first-order valence-corrected chi connectivity index (χ1v) is 6.11. The molecule has 0 bridgehead atoms. The fraction of sp³-hybridized carbons (Fsp3) is 0.357. The number of phenolic OH excluding ortho intramolecular Hbond substituents is 1. The van der Waals surface area contributed by atoms with Gasteiger partial charge in [-0.1, -0.05) is 12.1 Å². The molecule has 1 heterocycles. The van der Waals surface area contributed by atoms with Crippen LogP contribution in [0.4, 0.5) is 0 Å². The number of nitrogens with one attached hydrogen (secondary N) is 1. The van der Waals surface area contributed by atoms with E-state index in [4.69, 9.17) is 0 Å². The molecule has 0 radical (unpaired) electrons. The van der Waals surface area contributed by atoms with E-state index in [-0.39, 0.29) is 12.1 Å². The first kappa shape index (κ1) is 12.6. The molecule has 2 unspecified atom stereocenters. The summed E-state index contributed by atoms with van der Waals surface area (Å²) in [5, 5.41) is 17.1. The molecule has 4 nitrogen and oxygen atoms in total. The summed E-state index contributed by atoms with van der Waals surface area (Å²) >= 11 is 0. The second-order valence-electron chi connectivity index (χ2n) is 4.58. The Balaban J connectivity index is 2.08.